The fourth-order valence-corrected chi connectivity index (χ4v) is 1.86. The van der Waals surface area contributed by atoms with Gasteiger partial charge in [0.25, 0.3) is 0 Å². The third-order valence-corrected chi connectivity index (χ3v) is 3.50. The van der Waals surface area contributed by atoms with Crippen LogP contribution in [-0.2, 0) is 9.59 Å². The minimum atomic E-state index is -0.591. The van der Waals surface area contributed by atoms with Gasteiger partial charge < -0.3 is 0 Å². The van der Waals surface area contributed by atoms with Gasteiger partial charge in [-0.15, -0.1) is 0 Å². The molecule has 1 rings (SSSR count). The molecule has 0 aromatic rings. The summed E-state index contributed by atoms with van der Waals surface area (Å²) in [5, 5.41) is 8.71. The topological polar surface area (TPSA) is 61.2 Å². The van der Waals surface area contributed by atoms with Gasteiger partial charge in [-0.1, -0.05) is 13.8 Å². The molecule has 1 aliphatic rings. The molecule has 4 heteroatoms. The van der Waals surface area contributed by atoms with Crippen LogP contribution in [0.3, 0.4) is 0 Å². The Labute approximate surface area is 96.2 Å². The molecule has 1 saturated heterocycles. The highest BCUT2D eigenvalue weighted by Crippen LogP contribution is 2.39. The van der Waals surface area contributed by atoms with Crippen molar-refractivity contribution in [1.82, 2.24) is 4.90 Å². The maximum absolute atomic E-state index is 12.1. The van der Waals surface area contributed by atoms with E-state index >= 15 is 0 Å². The number of nitriles is 1. The normalized spacial score (nSPS) is 27.4. The Bertz CT molecular complexity index is 357. The van der Waals surface area contributed by atoms with Gasteiger partial charge in [-0.2, -0.15) is 5.26 Å². The third-order valence-electron chi connectivity index (χ3n) is 3.50. The van der Waals surface area contributed by atoms with E-state index in [1.807, 2.05) is 26.8 Å². The van der Waals surface area contributed by atoms with Gasteiger partial charge in [-0.25, -0.2) is 0 Å². The first-order chi connectivity index (χ1) is 7.32. The molecule has 0 aromatic heterocycles. The van der Waals surface area contributed by atoms with Crippen molar-refractivity contribution in [3.63, 3.8) is 0 Å². The summed E-state index contributed by atoms with van der Waals surface area (Å²) in [4.78, 5) is 25.1. The first-order valence-electron chi connectivity index (χ1n) is 5.57. The summed E-state index contributed by atoms with van der Waals surface area (Å²) >= 11 is 0. The number of hydrogen-bond donors (Lipinski definition) is 0. The van der Waals surface area contributed by atoms with E-state index in [1.165, 1.54) is 4.90 Å². The van der Waals surface area contributed by atoms with Gasteiger partial charge in [0, 0.05) is 13.0 Å². The maximum atomic E-state index is 12.1. The van der Waals surface area contributed by atoms with Crippen molar-refractivity contribution < 1.29 is 9.59 Å². The lowest BCUT2D eigenvalue weighted by molar-refractivity contribution is -0.142. The zero-order valence-corrected chi connectivity index (χ0v) is 10.3. The zero-order valence-electron chi connectivity index (χ0n) is 10.3. The molecule has 0 aromatic carbocycles. The molecule has 16 heavy (non-hydrogen) atoms. The van der Waals surface area contributed by atoms with E-state index < -0.39 is 5.41 Å². The minimum absolute atomic E-state index is 0.130. The fourth-order valence-electron chi connectivity index (χ4n) is 1.86. The van der Waals surface area contributed by atoms with Crippen LogP contribution in [0.15, 0.2) is 0 Å². The molecular weight excluding hydrogens is 204 g/mol. The van der Waals surface area contributed by atoms with Crippen molar-refractivity contribution in [3.05, 3.63) is 0 Å². The van der Waals surface area contributed by atoms with Crippen LogP contribution in [-0.4, -0.2) is 23.3 Å². The van der Waals surface area contributed by atoms with Crippen LogP contribution in [0.5, 0.6) is 0 Å². The Kier molecular flexibility index (Phi) is 3.37. The number of amides is 2. The van der Waals surface area contributed by atoms with Crippen molar-refractivity contribution in [1.29, 1.82) is 5.26 Å². The summed E-state index contributed by atoms with van der Waals surface area (Å²) in [6, 6.07) is 2.04. The van der Waals surface area contributed by atoms with E-state index in [1.54, 1.807) is 6.92 Å². The first kappa shape index (κ1) is 12.7. The second-order valence-corrected chi connectivity index (χ2v) is 5.09. The van der Waals surface area contributed by atoms with Crippen molar-refractivity contribution in [3.8, 4) is 6.07 Å². The lowest BCUT2D eigenvalue weighted by Gasteiger charge is -2.26. The maximum Gasteiger partial charge on any atom is 0.235 e. The number of carbonyl (C=O) groups is 2. The van der Waals surface area contributed by atoms with Crippen LogP contribution in [0.2, 0.25) is 0 Å². The van der Waals surface area contributed by atoms with Crippen LogP contribution in [0.4, 0.5) is 0 Å². The number of hydrogen-bond acceptors (Lipinski definition) is 3. The number of nitrogens with zero attached hydrogens (tertiary/aromatic N) is 2. The Hall–Kier alpha value is -1.37. The molecule has 4 nitrogen and oxygen atoms in total. The lowest BCUT2D eigenvalue weighted by Crippen LogP contribution is -2.38. The summed E-state index contributed by atoms with van der Waals surface area (Å²) < 4.78 is 0. The predicted molar refractivity (Wildman–Crippen MR) is 59.1 cm³/mol. The monoisotopic (exact) mass is 222 g/mol. The van der Waals surface area contributed by atoms with Gasteiger partial charge in [-0.05, 0) is 19.8 Å². The Morgan fingerprint density at radius 2 is 2.00 bits per heavy atom. The van der Waals surface area contributed by atoms with E-state index in [0.29, 0.717) is 0 Å². The molecular formula is C12H18N2O2. The van der Waals surface area contributed by atoms with Crippen molar-refractivity contribution in [2.24, 2.45) is 17.3 Å². The standard InChI is InChI=1S/C12H18N2O2/c1-8(2)12(4)5-10(15)14(11(12)16)7-9(3)6-13/h8-9H,5,7H2,1-4H3. The minimum Gasteiger partial charge on any atom is -0.281 e. The predicted octanol–water partition coefficient (Wildman–Crippen LogP) is 1.57. The third kappa shape index (κ3) is 1.95. The van der Waals surface area contributed by atoms with E-state index in [9.17, 15) is 9.59 Å². The van der Waals surface area contributed by atoms with Crippen molar-refractivity contribution in [2.45, 2.75) is 34.1 Å². The fraction of sp³-hybridized carbons (Fsp3) is 0.750. The average Bonchev–Trinajstić information content (AvgIpc) is 2.43. The Balaban J connectivity index is 2.88. The molecule has 2 atom stereocenters. The molecule has 0 aliphatic carbocycles. The molecule has 0 spiro atoms. The smallest absolute Gasteiger partial charge is 0.235 e. The van der Waals surface area contributed by atoms with Crippen LogP contribution < -0.4 is 0 Å². The van der Waals surface area contributed by atoms with E-state index in [-0.39, 0.29) is 36.6 Å². The van der Waals surface area contributed by atoms with Crippen LogP contribution in [0, 0.1) is 28.6 Å². The molecule has 0 saturated carbocycles. The summed E-state index contributed by atoms with van der Waals surface area (Å²) in [6.45, 7) is 7.65. The van der Waals surface area contributed by atoms with E-state index in [2.05, 4.69) is 0 Å². The molecule has 1 aliphatic heterocycles. The number of likely N-dealkylation sites (tertiary alicyclic amines) is 1. The van der Waals surface area contributed by atoms with Crippen molar-refractivity contribution >= 4 is 11.8 Å². The molecule has 0 radical (unpaired) electrons. The van der Waals surface area contributed by atoms with Gasteiger partial charge in [0.2, 0.25) is 11.8 Å². The highest BCUT2D eigenvalue weighted by molar-refractivity contribution is 6.05. The van der Waals surface area contributed by atoms with Crippen LogP contribution >= 0.6 is 0 Å². The highest BCUT2D eigenvalue weighted by atomic mass is 16.2. The Morgan fingerprint density at radius 3 is 2.38 bits per heavy atom. The number of carbonyl (C=O) groups excluding carboxylic acids is 2. The van der Waals surface area contributed by atoms with Gasteiger partial charge in [0.1, 0.15) is 0 Å². The molecule has 0 N–H and O–H groups in total. The van der Waals surface area contributed by atoms with Gasteiger partial charge >= 0.3 is 0 Å². The highest BCUT2D eigenvalue weighted by Gasteiger charge is 2.49. The van der Waals surface area contributed by atoms with Crippen LogP contribution in [0.25, 0.3) is 0 Å². The summed E-state index contributed by atoms with van der Waals surface area (Å²) in [7, 11) is 0. The van der Waals surface area contributed by atoms with Gasteiger partial charge in [0.15, 0.2) is 0 Å². The van der Waals surface area contributed by atoms with E-state index in [0.717, 1.165) is 0 Å². The second kappa shape index (κ2) is 4.25. The summed E-state index contributed by atoms with van der Waals surface area (Å²) in [5.74, 6) is -0.452. The van der Waals surface area contributed by atoms with Gasteiger partial charge in [-0.3, -0.25) is 14.5 Å². The molecule has 1 heterocycles. The number of rotatable bonds is 3. The molecule has 0 bridgehead atoms. The molecule has 1 fully saturated rings. The quantitative estimate of drug-likeness (QED) is 0.681. The Morgan fingerprint density at radius 1 is 1.44 bits per heavy atom. The summed E-state index contributed by atoms with van der Waals surface area (Å²) in [6.07, 6.45) is 0.266. The van der Waals surface area contributed by atoms with Crippen molar-refractivity contribution in [2.75, 3.05) is 6.54 Å². The molecule has 2 unspecified atom stereocenters. The first-order valence-corrected chi connectivity index (χ1v) is 5.57. The average molecular weight is 222 g/mol. The second-order valence-electron chi connectivity index (χ2n) is 5.09. The van der Waals surface area contributed by atoms with E-state index in [4.69, 9.17) is 5.26 Å². The molecule has 2 amide bonds. The van der Waals surface area contributed by atoms with Gasteiger partial charge in [0.05, 0.1) is 17.4 Å². The lowest BCUT2D eigenvalue weighted by atomic mass is 9.78. The number of imide groups is 1. The largest absolute Gasteiger partial charge is 0.281 e. The zero-order chi connectivity index (χ0) is 12.5. The summed E-state index contributed by atoms with van der Waals surface area (Å²) in [5.41, 5.74) is -0.591. The van der Waals surface area contributed by atoms with Crippen LogP contribution in [0.1, 0.15) is 34.1 Å². The molecule has 88 valence electrons. The SMILES string of the molecule is CC(C#N)CN1C(=O)CC(C)(C(C)C)C1=O.